The fourth-order valence-electron chi connectivity index (χ4n) is 1.28. The van der Waals surface area contributed by atoms with Gasteiger partial charge in [0.1, 0.15) is 0 Å². The van der Waals surface area contributed by atoms with Crippen LogP contribution in [-0.2, 0) is 0 Å². The molecule has 0 aliphatic heterocycles. The number of nitrogens with one attached hydrogen (secondary N) is 2. The maximum Gasteiger partial charge on any atom is 0.190 e. The first-order valence-corrected chi connectivity index (χ1v) is 7.53. The van der Waals surface area contributed by atoms with Crippen molar-refractivity contribution in [2.45, 2.75) is 33.1 Å². The van der Waals surface area contributed by atoms with E-state index in [0.717, 1.165) is 25.0 Å². The Morgan fingerprint density at radius 1 is 1.18 bits per heavy atom. The van der Waals surface area contributed by atoms with E-state index in [1.807, 2.05) is 18.8 Å². The lowest BCUT2D eigenvalue weighted by Gasteiger charge is -2.12. The maximum atomic E-state index is 4.19. The van der Waals surface area contributed by atoms with Crippen molar-refractivity contribution in [3.05, 3.63) is 0 Å². The molecule has 0 aliphatic carbocycles. The Hall–Kier alpha value is 0.350. The third-order valence-electron chi connectivity index (χ3n) is 2.31. The summed E-state index contributed by atoms with van der Waals surface area (Å²) in [5.41, 5.74) is 0. The zero-order valence-electron chi connectivity index (χ0n) is 11.6. The Labute approximate surface area is 128 Å². The second kappa shape index (κ2) is 14.4. The molecular formula is C12H28IN3S. The predicted octanol–water partition coefficient (Wildman–Crippen LogP) is 2.96. The Morgan fingerprint density at radius 2 is 1.82 bits per heavy atom. The molecule has 0 fully saturated rings. The number of hydrogen-bond donors (Lipinski definition) is 2. The molecule has 0 amide bonds. The van der Waals surface area contributed by atoms with Crippen molar-refractivity contribution >= 4 is 41.7 Å². The summed E-state index contributed by atoms with van der Waals surface area (Å²) >= 11 is 1.91. The lowest BCUT2D eigenvalue weighted by Crippen LogP contribution is -2.38. The molecule has 0 aromatic rings. The van der Waals surface area contributed by atoms with Crippen molar-refractivity contribution in [1.82, 2.24) is 10.6 Å². The summed E-state index contributed by atoms with van der Waals surface area (Å²) in [6.45, 7) is 6.49. The molecule has 3 nitrogen and oxygen atoms in total. The number of guanidine groups is 1. The first-order chi connectivity index (χ1) is 7.70. The Morgan fingerprint density at radius 3 is 2.35 bits per heavy atom. The minimum atomic E-state index is 0. The van der Waals surface area contributed by atoms with E-state index < -0.39 is 0 Å². The molecule has 0 spiro atoms. The number of thioether (sulfide) groups is 1. The average Bonchev–Trinajstić information content (AvgIpc) is 2.26. The van der Waals surface area contributed by atoms with Crippen LogP contribution in [0.25, 0.3) is 0 Å². The highest BCUT2D eigenvalue weighted by Gasteiger charge is 1.97. The van der Waals surface area contributed by atoms with Gasteiger partial charge in [-0.1, -0.05) is 13.8 Å². The molecule has 0 rings (SSSR count). The normalized spacial score (nSPS) is 11.2. The first kappa shape index (κ1) is 19.7. The van der Waals surface area contributed by atoms with Gasteiger partial charge in [-0.15, -0.1) is 24.0 Å². The van der Waals surface area contributed by atoms with E-state index in [0.29, 0.717) is 0 Å². The number of nitrogens with zero attached hydrogens (tertiary/aromatic N) is 1. The van der Waals surface area contributed by atoms with Crippen molar-refractivity contribution in [3.8, 4) is 0 Å². The van der Waals surface area contributed by atoms with Crippen molar-refractivity contribution in [2.75, 3.05) is 32.1 Å². The SMILES string of the molecule is CN=C(NCCCCSC)NCCC(C)C.I. The summed E-state index contributed by atoms with van der Waals surface area (Å²) in [4.78, 5) is 4.19. The van der Waals surface area contributed by atoms with Gasteiger partial charge in [0.2, 0.25) is 0 Å². The standard InChI is InChI=1S/C12H27N3S.HI/c1-11(2)7-9-15-12(13-3)14-8-5-6-10-16-4;/h11H,5-10H2,1-4H3,(H2,13,14,15);1H. The Kier molecular flexibility index (Phi) is 16.7. The van der Waals surface area contributed by atoms with Crippen molar-refractivity contribution < 1.29 is 0 Å². The minimum Gasteiger partial charge on any atom is -0.356 e. The second-order valence-electron chi connectivity index (χ2n) is 4.31. The molecule has 0 radical (unpaired) electrons. The van der Waals surface area contributed by atoms with Crippen molar-refractivity contribution in [3.63, 3.8) is 0 Å². The van der Waals surface area contributed by atoms with E-state index in [1.54, 1.807) is 0 Å². The lowest BCUT2D eigenvalue weighted by atomic mass is 10.1. The van der Waals surface area contributed by atoms with Crippen LogP contribution < -0.4 is 10.6 Å². The summed E-state index contributed by atoms with van der Waals surface area (Å²) in [6.07, 6.45) is 5.83. The van der Waals surface area contributed by atoms with E-state index in [4.69, 9.17) is 0 Å². The largest absolute Gasteiger partial charge is 0.356 e. The average molecular weight is 373 g/mol. The molecule has 0 aromatic carbocycles. The molecule has 5 heteroatoms. The minimum absolute atomic E-state index is 0. The third-order valence-corrected chi connectivity index (χ3v) is 3.00. The van der Waals surface area contributed by atoms with Gasteiger partial charge in [0.05, 0.1) is 0 Å². The number of halogens is 1. The van der Waals surface area contributed by atoms with Crippen LogP contribution in [0.5, 0.6) is 0 Å². The quantitative estimate of drug-likeness (QED) is 0.297. The smallest absolute Gasteiger partial charge is 0.190 e. The molecular weight excluding hydrogens is 345 g/mol. The zero-order chi connectivity index (χ0) is 12.2. The van der Waals surface area contributed by atoms with Crippen molar-refractivity contribution in [1.29, 1.82) is 0 Å². The van der Waals surface area contributed by atoms with Gasteiger partial charge in [-0.3, -0.25) is 4.99 Å². The third kappa shape index (κ3) is 14.3. The summed E-state index contributed by atoms with van der Waals surface area (Å²) in [7, 11) is 1.83. The van der Waals surface area contributed by atoms with Crippen LogP contribution in [-0.4, -0.2) is 38.1 Å². The van der Waals surface area contributed by atoms with E-state index in [-0.39, 0.29) is 24.0 Å². The summed E-state index contributed by atoms with van der Waals surface area (Å²) in [5.74, 6) is 2.93. The highest BCUT2D eigenvalue weighted by molar-refractivity contribution is 14.0. The van der Waals surface area contributed by atoms with Gasteiger partial charge in [-0.25, -0.2) is 0 Å². The molecule has 0 saturated carbocycles. The van der Waals surface area contributed by atoms with Gasteiger partial charge in [-0.05, 0) is 37.2 Å². The molecule has 0 bridgehead atoms. The van der Waals surface area contributed by atoms with Gasteiger partial charge < -0.3 is 10.6 Å². The summed E-state index contributed by atoms with van der Waals surface area (Å²) in [6, 6.07) is 0. The zero-order valence-corrected chi connectivity index (χ0v) is 14.7. The molecule has 17 heavy (non-hydrogen) atoms. The van der Waals surface area contributed by atoms with Crippen LogP contribution >= 0.6 is 35.7 Å². The fraction of sp³-hybridized carbons (Fsp3) is 0.917. The van der Waals surface area contributed by atoms with E-state index in [1.165, 1.54) is 25.0 Å². The molecule has 0 atom stereocenters. The van der Waals surface area contributed by atoms with Crippen molar-refractivity contribution in [2.24, 2.45) is 10.9 Å². The van der Waals surface area contributed by atoms with Crippen LogP contribution in [0.15, 0.2) is 4.99 Å². The van der Waals surface area contributed by atoms with Gasteiger partial charge in [0, 0.05) is 20.1 Å². The molecule has 0 aromatic heterocycles. The molecule has 0 aliphatic rings. The molecule has 0 saturated heterocycles. The first-order valence-electron chi connectivity index (χ1n) is 6.14. The van der Waals surface area contributed by atoms with Crippen LogP contribution in [0.4, 0.5) is 0 Å². The van der Waals surface area contributed by atoms with Gasteiger partial charge in [-0.2, -0.15) is 11.8 Å². The summed E-state index contributed by atoms with van der Waals surface area (Å²) < 4.78 is 0. The molecule has 2 N–H and O–H groups in total. The van der Waals surface area contributed by atoms with Gasteiger partial charge in [0.25, 0.3) is 0 Å². The van der Waals surface area contributed by atoms with Crippen LogP contribution in [0, 0.1) is 5.92 Å². The molecule has 0 heterocycles. The maximum absolute atomic E-state index is 4.19. The number of rotatable bonds is 8. The monoisotopic (exact) mass is 373 g/mol. The van der Waals surface area contributed by atoms with E-state index in [9.17, 15) is 0 Å². The van der Waals surface area contributed by atoms with Crippen LogP contribution in [0.1, 0.15) is 33.1 Å². The van der Waals surface area contributed by atoms with E-state index in [2.05, 4.69) is 35.7 Å². The topological polar surface area (TPSA) is 36.4 Å². The van der Waals surface area contributed by atoms with E-state index >= 15 is 0 Å². The number of hydrogen-bond acceptors (Lipinski definition) is 2. The van der Waals surface area contributed by atoms with Crippen LogP contribution in [0.3, 0.4) is 0 Å². The molecule has 0 unspecified atom stereocenters. The summed E-state index contributed by atoms with van der Waals surface area (Å²) in [5, 5.41) is 6.66. The predicted molar refractivity (Wildman–Crippen MR) is 91.9 cm³/mol. The second-order valence-corrected chi connectivity index (χ2v) is 5.29. The number of unbranched alkanes of at least 4 members (excludes halogenated alkanes) is 1. The fourth-order valence-corrected chi connectivity index (χ4v) is 1.77. The van der Waals surface area contributed by atoms with Crippen LogP contribution in [0.2, 0.25) is 0 Å². The Bertz CT molecular complexity index is 187. The Balaban J connectivity index is 0. The van der Waals surface area contributed by atoms with Gasteiger partial charge >= 0.3 is 0 Å². The van der Waals surface area contributed by atoms with Gasteiger partial charge in [0.15, 0.2) is 5.96 Å². The highest BCUT2D eigenvalue weighted by atomic mass is 127. The lowest BCUT2D eigenvalue weighted by molar-refractivity contribution is 0.573. The highest BCUT2D eigenvalue weighted by Crippen LogP contribution is 1.98. The molecule has 104 valence electrons. The number of aliphatic imine (C=N–C) groups is 1.